The van der Waals surface area contributed by atoms with Crippen LogP contribution in [0.1, 0.15) is 52.4 Å². The fourth-order valence-corrected chi connectivity index (χ4v) is 4.78. The molecule has 4 aromatic rings. The average Bonchev–Trinajstić information content (AvgIpc) is 2.84. The van der Waals surface area contributed by atoms with Crippen LogP contribution >= 0.6 is 0 Å². The molecule has 4 aromatic carbocycles. The molecule has 32 heavy (non-hydrogen) atoms. The van der Waals surface area contributed by atoms with E-state index in [2.05, 4.69) is 25.1 Å². The van der Waals surface area contributed by atoms with Gasteiger partial charge in [-0.2, -0.15) is 0 Å². The molecule has 0 atom stereocenters. The van der Waals surface area contributed by atoms with Gasteiger partial charge in [-0.1, -0.05) is 92.2 Å². The first kappa shape index (κ1) is 20.5. The van der Waals surface area contributed by atoms with Crippen molar-refractivity contribution in [2.75, 3.05) is 6.61 Å². The van der Waals surface area contributed by atoms with Crippen LogP contribution in [0.15, 0.2) is 84.9 Å². The Morgan fingerprint density at radius 1 is 0.812 bits per heavy atom. The highest BCUT2D eigenvalue weighted by molar-refractivity contribution is 6.13. The third-order valence-electron chi connectivity index (χ3n) is 6.42. The van der Waals surface area contributed by atoms with Gasteiger partial charge in [-0.05, 0) is 34.4 Å². The Kier molecular flexibility index (Phi) is 5.28. The predicted octanol–water partition coefficient (Wildman–Crippen LogP) is 6.04. The molecule has 0 radical (unpaired) electrons. The Morgan fingerprint density at radius 2 is 1.44 bits per heavy atom. The van der Waals surface area contributed by atoms with Crippen LogP contribution in [0.2, 0.25) is 0 Å². The van der Waals surface area contributed by atoms with Gasteiger partial charge in [0.25, 0.3) is 0 Å². The van der Waals surface area contributed by atoms with Gasteiger partial charge in [-0.25, -0.2) is 0 Å². The maximum absolute atomic E-state index is 13.2. The third-order valence-corrected chi connectivity index (χ3v) is 6.42. The van der Waals surface area contributed by atoms with E-state index in [4.69, 9.17) is 4.74 Å². The van der Waals surface area contributed by atoms with Crippen LogP contribution in [0.4, 0.5) is 0 Å². The van der Waals surface area contributed by atoms with Crippen LogP contribution in [0.5, 0.6) is 5.75 Å². The number of ketones is 1. The van der Waals surface area contributed by atoms with Gasteiger partial charge in [0.15, 0.2) is 5.78 Å². The number of hydrogen-bond donors (Lipinski definition) is 1. The summed E-state index contributed by atoms with van der Waals surface area (Å²) >= 11 is 0. The molecule has 160 valence electrons. The average molecular weight is 423 g/mol. The van der Waals surface area contributed by atoms with Crippen LogP contribution < -0.4 is 4.74 Å². The first-order chi connectivity index (χ1) is 15.6. The maximum Gasteiger partial charge on any atom is 0.193 e. The highest BCUT2D eigenvalue weighted by Gasteiger charge is 2.42. The number of rotatable bonds is 6. The van der Waals surface area contributed by atoms with Crippen molar-refractivity contribution in [1.82, 2.24) is 0 Å². The summed E-state index contributed by atoms with van der Waals surface area (Å²) < 4.78 is 6.19. The molecule has 0 saturated carbocycles. The minimum Gasteiger partial charge on any atom is -0.493 e. The second-order valence-electron chi connectivity index (χ2n) is 8.42. The molecule has 0 fully saturated rings. The Morgan fingerprint density at radius 3 is 2.12 bits per heavy atom. The fourth-order valence-electron chi connectivity index (χ4n) is 4.78. The molecule has 0 amide bonds. The van der Waals surface area contributed by atoms with Gasteiger partial charge >= 0.3 is 0 Å². The number of aliphatic hydroxyl groups is 1. The van der Waals surface area contributed by atoms with Crippen molar-refractivity contribution in [1.29, 1.82) is 0 Å². The number of fused-ring (bicyclic) bond motifs is 3. The molecule has 3 heteroatoms. The van der Waals surface area contributed by atoms with Crippen molar-refractivity contribution < 1.29 is 14.6 Å². The van der Waals surface area contributed by atoms with Gasteiger partial charge in [-0.15, -0.1) is 0 Å². The van der Waals surface area contributed by atoms with Crippen molar-refractivity contribution in [3.05, 3.63) is 113 Å². The zero-order chi connectivity index (χ0) is 22.1. The second kappa shape index (κ2) is 8.25. The van der Waals surface area contributed by atoms with Gasteiger partial charge in [0.2, 0.25) is 0 Å². The summed E-state index contributed by atoms with van der Waals surface area (Å²) in [7, 11) is 0. The smallest absolute Gasteiger partial charge is 0.193 e. The van der Waals surface area contributed by atoms with Crippen LogP contribution in [0, 0.1) is 0 Å². The summed E-state index contributed by atoms with van der Waals surface area (Å²) in [6.07, 6.45) is 2.34. The van der Waals surface area contributed by atoms with Crippen LogP contribution in [-0.2, 0) is 12.0 Å². The summed E-state index contributed by atoms with van der Waals surface area (Å²) in [5.41, 5.74) is 2.03. The topological polar surface area (TPSA) is 46.5 Å². The lowest BCUT2D eigenvalue weighted by molar-refractivity contribution is 0.0716. The molecule has 0 aromatic heterocycles. The molecule has 5 rings (SSSR count). The van der Waals surface area contributed by atoms with Crippen molar-refractivity contribution in [3.8, 4) is 5.75 Å². The van der Waals surface area contributed by atoms with E-state index in [-0.39, 0.29) is 5.78 Å². The largest absolute Gasteiger partial charge is 0.493 e. The molecule has 1 aliphatic carbocycles. The van der Waals surface area contributed by atoms with E-state index in [0.717, 1.165) is 34.9 Å². The first-order valence-electron chi connectivity index (χ1n) is 11.2. The molecule has 1 N–H and O–H groups in total. The number of hydrogen-bond acceptors (Lipinski definition) is 3. The molecule has 0 bridgehead atoms. The van der Waals surface area contributed by atoms with Crippen molar-refractivity contribution in [2.45, 2.75) is 31.8 Å². The van der Waals surface area contributed by atoms with Gasteiger partial charge in [-0.3, -0.25) is 4.79 Å². The van der Waals surface area contributed by atoms with E-state index in [9.17, 15) is 9.90 Å². The Balaban J connectivity index is 1.71. The Hall–Kier alpha value is -3.43. The number of benzene rings is 4. The maximum atomic E-state index is 13.2. The molecule has 0 unspecified atom stereocenters. The minimum absolute atomic E-state index is 0.0433. The molecular weight excluding hydrogens is 396 g/mol. The second-order valence-corrected chi connectivity index (χ2v) is 8.42. The number of ether oxygens (including phenoxy) is 1. The highest BCUT2D eigenvalue weighted by atomic mass is 16.5. The lowest BCUT2D eigenvalue weighted by atomic mass is 9.71. The molecule has 3 nitrogen and oxygen atoms in total. The monoisotopic (exact) mass is 422 g/mol. The van der Waals surface area contributed by atoms with Gasteiger partial charge < -0.3 is 9.84 Å². The molecular formula is C29H26O3. The Bertz CT molecular complexity index is 1260. The SMILES string of the molecule is CCCCOc1ccc2ccccc2c1CC1(O)c2ccccc2C(=O)c2ccccc21. The van der Waals surface area contributed by atoms with E-state index in [1.54, 1.807) is 12.1 Å². The van der Waals surface area contributed by atoms with Crippen molar-refractivity contribution in [2.24, 2.45) is 0 Å². The zero-order valence-electron chi connectivity index (χ0n) is 18.2. The number of unbranched alkanes of at least 4 members (excludes halogenated alkanes) is 1. The van der Waals surface area contributed by atoms with Gasteiger partial charge in [0.05, 0.1) is 6.61 Å². The summed E-state index contributed by atoms with van der Waals surface area (Å²) in [5, 5.41) is 14.5. The lowest BCUT2D eigenvalue weighted by Gasteiger charge is -2.36. The normalized spacial score (nSPS) is 14.1. The van der Waals surface area contributed by atoms with E-state index in [1.165, 1.54) is 0 Å². The summed E-state index contributed by atoms with van der Waals surface area (Å²) in [6, 6.07) is 27.1. The molecule has 1 aliphatic rings. The lowest BCUT2D eigenvalue weighted by Crippen LogP contribution is -2.37. The fraction of sp³-hybridized carbons (Fsp3) is 0.207. The van der Waals surface area contributed by atoms with E-state index < -0.39 is 5.60 Å². The standard InChI is InChI=1S/C29H26O3/c1-2-3-18-32-27-17-16-20-10-4-5-11-21(20)24(27)19-29(31)25-14-8-6-12-22(25)28(30)23-13-7-9-15-26(23)29/h4-17,31H,2-3,18-19H2,1H3. The Labute approximate surface area is 188 Å². The summed E-state index contributed by atoms with van der Waals surface area (Å²) in [4.78, 5) is 13.2. The number of carbonyl (C=O) groups excluding carboxylic acids is 1. The molecule has 0 aliphatic heterocycles. The van der Waals surface area contributed by atoms with Crippen LogP contribution in [0.3, 0.4) is 0 Å². The zero-order valence-corrected chi connectivity index (χ0v) is 18.2. The van der Waals surface area contributed by atoms with E-state index >= 15 is 0 Å². The third kappa shape index (κ3) is 3.30. The minimum atomic E-state index is -1.34. The van der Waals surface area contributed by atoms with Crippen molar-refractivity contribution >= 4 is 16.6 Å². The highest BCUT2D eigenvalue weighted by Crippen LogP contribution is 2.44. The summed E-state index contributed by atoms with van der Waals surface area (Å²) in [6.45, 7) is 2.77. The quantitative estimate of drug-likeness (QED) is 0.385. The van der Waals surface area contributed by atoms with Gasteiger partial charge in [0, 0.05) is 23.1 Å². The van der Waals surface area contributed by atoms with Crippen LogP contribution in [0.25, 0.3) is 10.8 Å². The molecule has 0 saturated heterocycles. The first-order valence-corrected chi connectivity index (χ1v) is 11.2. The van der Waals surface area contributed by atoms with Gasteiger partial charge in [0.1, 0.15) is 11.4 Å². The molecule has 0 spiro atoms. The van der Waals surface area contributed by atoms with E-state index in [1.807, 2.05) is 54.6 Å². The number of carbonyl (C=O) groups is 1. The predicted molar refractivity (Wildman–Crippen MR) is 127 cm³/mol. The molecule has 0 heterocycles. The van der Waals surface area contributed by atoms with Crippen LogP contribution in [-0.4, -0.2) is 17.5 Å². The van der Waals surface area contributed by atoms with E-state index in [0.29, 0.717) is 35.3 Å². The van der Waals surface area contributed by atoms with Crippen molar-refractivity contribution in [3.63, 3.8) is 0 Å². The summed E-state index contributed by atoms with van der Waals surface area (Å²) in [5.74, 6) is 0.746.